The molecule has 0 spiro atoms. The molecule has 2 aliphatic heterocycles. The highest BCUT2D eigenvalue weighted by Crippen LogP contribution is 2.29. The van der Waals surface area contributed by atoms with Crippen molar-refractivity contribution in [3.05, 3.63) is 41.9 Å². The van der Waals surface area contributed by atoms with E-state index in [-0.39, 0.29) is 0 Å². The molecule has 2 atom stereocenters. The number of piperazine rings is 1. The van der Waals surface area contributed by atoms with Crippen LogP contribution in [0.15, 0.2) is 30.6 Å². The fraction of sp³-hybridized carbons (Fsp3) is 0.538. The van der Waals surface area contributed by atoms with Crippen molar-refractivity contribution in [1.82, 2.24) is 29.7 Å². The third kappa shape index (κ3) is 5.52. The molecule has 0 bridgehead atoms. The van der Waals surface area contributed by atoms with Gasteiger partial charge in [-0.1, -0.05) is 6.07 Å². The average molecular weight is 477 g/mol. The van der Waals surface area contributed by atoms with Gasteiger partial charge in [0.05, 0.1) is 11.8 Å². The van der Waals surface area contributed by atoms with E-state index in [1.54, 1.807) is 13.1 Å². The van der Waals surface area contributed by atoms with Crippen molar-refractivity contribution in [3.63, 3.8) is 0 Å². The number of hydrogen-bond acceptors (Lipinski definition) is 9. The van der Waals surface area contributed by atoms with Gasteiger partial charge in [-0.15, -0.1) is 0 Å². The van der Waals surface area contributed by atoms with Crippen molar-refractivity contribution in [2.75, 3.05) is 50.0 Å². The molecule has 0 saturated carbocycles. The predicted octanol–water partition coefficient (Wildman–Crippen LogP) is 3.34. The highest BCUT2D eigenvalue weighted by atomic mass is 16.3. The lowest BCUT2D eigenvalue weighted by atomic mass is 10.1. The summed E-state index contributed by atoms with van der Waals surface area (Å²) in [5.41, 5.74) is 2.65. The van der Waals surface area contributed by atoms with E-state index in [1.807, 2.05) is 18.3 Å². The molecule has 0 amide bonds. The second-order valence-corrected chi connectivity index (χ2v) is 9.97. The predicted molar refractivity (Wildman–Crippen MR) is 139 cm³/mol. The van der Waals surface area contributed by atoms with Crippen LogP contribution in [-0.4, -0.2) is 80.7 Å². The molecule has 2 N–H and O–H groups in total. The van der Waals surface area contributed by atoms with Gasteiger partial charge in [0.1, 0.15) is 11.3 Å². The lowest BCUT2D eigenvalue weighted by Crippen LogP contribution is -2.49. The summed E-state index contributed by atoms with van der Waals surface area (Å²) < 4.78 is 0. The number of aromatic nitrogens is 4. The van der Waals surface area contributed by atoms with Crippen LogP contribution in [-0.2, 0) is 6.54 Å². The van der Waals surface area contributed by atoms with Gasteiger partial charge in [0.15, 0.2) is 5.82 Å². The Labute approximate surface area is 207 Å². The summed E-state index contributed by atoms with van der Waals surface area (Å²) in [4.78, 5) is 25.9. The number of anilines is 3. The van der Waals surface area contributed by atoms with E-state index in [0.717, 1.165) is 68.8 Å². The molecule has 2 fully saturated rings. The number of aliphatic hydroxyl groups is 1. The summed E-state index contributed by atoms with van der Waals surface area (Å²) in [7, 11) is 2.19. The second kappa shape index (κ2) is 10.4. The first-order chi connectivity index (χ1) is 17.0. The molecule has 35 heavy (non-hydrogen) atoms. The smallest absolute Gasteiger partial charge is 0.229 e. The minimum Gasteiger partial charge on any atom is -0.387 e. The molecule has 186 valence electrons. The monoisotopic (exact) mass is 476 g/mol. The Bertz CT molecular complexity index is 1150. The van der Waals surface area contributed by atoms with Gasteiger partial charge in [-0.2, -0.15) is 0 Å². The van der Waals surface area contributed by atoms with Gasteiger partial charge in [0.2, 0.25) is 5.95 Å². The Hall–Kier alpha value is -2.88. The largest absolute Gasteiger partial charge is 0.387 e. The summed E-state index contributed by atoms with van der Waals surface area (Å²) in [6.07, 6.45) is 6.61. The SMILES string of the molecule is C[C@@H](O)c1cc2cnc(Nc3ccc(CN4CCN(C)[C@@H](C)C4)cn3)nc2c(N2CCCCC2)n1. The Morgan fingerprint density at radius 2 is 1.89 bits per heavy atom. The number of rotatable bonds is 6. The van der Waals surface area contributed by atoms with Crippen LogP contribution in [0, 0.1) is 0 Å². The highest BCUT2D eigenvalue weighted by Gasteiger charge is 2.21. The maximum atomic E-state index is 10.2. The normalized spacial score (nSPS) is 20.8. The Morgan fingerprint density at radius 3 is 2.60 bits per heavy atom. The Balaban J connectivity index is 1.34. The third-order valence-electron chi connectivity index (χ3n) is 7.17. The molecule has 0 radical (unpaired) electrons. The van der Waals surface area contributed by atoms with E-state index in [1.165, 1.54) is 12.0 Å². The molecule has 3 aromatic heterocycles. The van der Waals surface area contributed by atoms with E-state index < -0.39 is 6.10 Å². The minimum absolute atomic E-state index is 0.496. The quantitative estimate of drug-likeness (QED) is 0.555. The Morgan fingerprint density at radius 1 is 1.06 bits per heavy atom. The molecule has 0 aliphatic carbocycles. The molecule has 0 aromatic carbocycles. The lowest BCUT2D eigenvalue weighted by molar-refractivity contribution is 0.0999. The van der Waals surface area contributed by atoms with E-state index in [9.17, 15) is 5.11 Å². The third-order valence-corrected chi connectivity index (χ3v) is 7.17. The number of aliphatic hydroxyl groups excluding tert-OH is 1. The van der Waals surface area contributed by atoms with Crippen LogP contribution in [0.4, 0.5) is 17.6 Å². The highest BCUT2D eigenvalue weighted by molar-refractivity contribution is 5.89. The van der Waals surface area contributed by atoms with E-state index in [4.69, 9.17) is 9.97 Å². The van der Waals surface area contributed by atoms with Crippen LogP contribution < -0.4 is 10.2 Å². The molecule has 5 heterocycles. The van der Waals surface area contributed by atoms with Crippen LogP contribution in [0.1, 0.15) is 50.5 Å². The summed E-state index contributed by atoms with van der Waals surface area (Å²) in [5.74, 6) is 2.04. The topological polar surface area (TPSA) is 93.5 Å². The van der Waals surface area contributed by atoms with Crippen LogP contribution in [0.5, 0.6) is 0 Å². The number of pyridine rings is 2. The molecule has 9 heteroatoms. The van der Waals surface area contributed by atoms with Gasteiger partial charge in [-0.25, -0.2) is 19.9 Å². The van der Waals surface area contributed by atoms with E-state index in [0.29, 0.717) is 23.5 Å². The van der Waals surface area contributed by atoms with Gasteiger partial charge >= 0.3 is 0 Å². The van der Waals surface area contributed by atoms with Crippen molar-refractivity contribution in [2.24, 2.45) is 0 Å². The zero-order chi connectivity index (χ0) is 24.4. The van der Waals surface area contributed by atoms with Crippen molar-refractivity contribution >= 4 is 28.5 Å². The van der Waals surface area contributed by atoms with Gasteiger partial charge < -0.3 is 20.2 Å². The van der Waals surface area contributed by atoms with Gasteiger partial charge in [0.25, 0.3) is 0 Å². The number of nitrogens with zero attached hydrogens (tertiary/aromatic N) is 7. The number of nitrogens with one attached hydrogen (secondary N) is 1. The summed E-state index contributed by atoms with van der Waals surface area (Å²) in [6, 6.07) is 6.56. The maximum absolute atomic E-state index is 10.2. The first kappa shape index (κ1) is 23.8. The van der Waals surface area contributed by atoms with Crippen molar-refractivity contribution in [2.45, 2.75) is 51.8 Å². The Kier molecular flexibility index (Phi) is 7.08. The molecule has 2 saturated heterocycles. The van der Waals surface area contributed by atoms with Crippen LogP contribution in [0.2, 0.25) is 0 Å². The minimum atomic E-state index is -0.641. The van der Waals surface area contributed by atoms with Crippen LogP contribution >= 0.6 is 0 Å². The average Bonchev–Trinajstić information content (AvgIpc) is 2.87. The van der Waals surface area contributed by atoms with E-state index in [2.05, 4.69) is 50.0 Å². The second-order valence-electron chi connectivity index (χ2n) is 9.97. The van der Waals surface area contributed by atoms with Crippen LogP contribution in [0.25, 0.3) is 10.9 Å². The molecule has 9 nitrogen and oxygen atoms in total. The van der Waals surface area contributed by atoms with Gasteiger partial charge in [-0.3, -0.25) is 4.90 Å². The van der Waals surface area contributed by atoms with Crippen molar-refractivity contribution in [3.8, 4) is 0 Å². The standard InChI is InChI=1S/C26H36N8O/c1-18-16-33(12-11-32(18)3)17-20-7-8-23(27-14-20)30-26-28-15-21-13-22(19(2)35)29-25(24(21)31-26)34-9-5-4-6-10-34/h7-8,13-15,18-19,35H,4-6,9-12,16-17H2,1-3H3,(H,27,28,30,31)/t18-,19+/m0/s1. The molecular weight excluding hydrogens is 440 g/mol. The number of piperidine rings is 1. The zero-order valence-electron chi connectivity index (χ0n) is 21.0. The number of likely N-dealkylation sites (N-methyl/N-ethyl adjacent to an activating group) is 1. The van der Waals surface area contributed by atoms with Crippen molar-refractivity contribution in [1.29, 1.82) is 0 Å². The fourth-order valence-electron chi connectivity index (χ4n) is 4.88. The first-order valence-electron chi connectivity index (χ1n) is 12.7. The molecule has 3 aromatic rings. The lowest BCUT2D eigenvalue weighted by Gasteiger charge is -2.37. The molecule has 0 unspecified atom stereocenters. The number of hydrogen-bond donors (Lipinski definition) is 2. The summed E-state index contributed by atoms with van der Waals surface area (Å²) >= 11 is 0. The summed E-state index contributed by atoms with van der Waals surface area (Å²) in [6.45, 7) is 10.1. The fourth-order valence-corrected chi connectivity index (χ4v) is 4.88. The maximum Gasteiger partial charge on any atom is 0.229 e. The molecule has 2 aliphatic rings. The van der Waals surface area contributed by atoms with E-state index >= 15 is 0 Å². The number of fused-ring (bicyclic) bond motifs is 1. The van der Waals surface area contributed by atoms with Crippen LogP contribution in [0.3, 0.4) is 0 Å². The molecule has 5 rings (SSSR count). The first-order valence-corrected chi connectivity index (χ1v) is 12.7. The van der Waals surface area contributed by atoms with Gasteiger partial charge in [0, 0.05) is 63.1 Å². The zero-order valence-corrected chi connectivity index (χ0v) is 21.0. The van der Waals surface area contributed by atoms with Gasteiger partial charge in [-0.05, 0) is 57.9 Å². The summed E-state index contributed by atoms with van der Waals surface area (Å²) in [5, 5.41) is 14.3. The molecular formula is C26H36N8O. The van der Waals surface area contributed by atoms with Crippen molar-refractivity contribution < 1.29 is 5.11 Å².